The summed E-state index contributed by atoms with van der Waals surface area (Å²) in [6.45, 7) is 2.66. The van der Waals surface area contributed by atoms with Crippen molar-refractivity contribution in [3.8, 4) is 11.3 Å². The zero-order valence-corrected chi connectivity index (χ0v) is 17.2. The Morgan fingerprint density at radius 1 is 1.26 bits per heavy atom. The number of nitrogens with zero attached hydrogens (tertiary/aromatic N) is 3. The van der Waals surface area contributed by atoms with Crippen molar-refractivity contribution in [3.05, 3.63) is 59.9 Å². The number of pyridine rings is 1. The number of aromatic nitrogens is 2. The summed E-state index contributed by atoms with van der Waals surface area (Å²) in [5, 5.41) is 3.96. The molecule has 31 heavy (non-hydrogen) atoms. The van der Waals surface area contributed by atoms with Gasteiger partial charge in [0.25, 0.3) is 0 Å². The van der Waals surface area contributed by atoms with Crippen molar-refractivity contribution in [2.75, 3.05) is 6.61 Å². The van der Waals surface area contributed by atoms with Crippen LogP contribution in [-0.4, -0.2) is 34.2 Å². The minimum atomic E-state index is -4.32. The molecule has 0 saturated heterocycles. The van der Waals surface area contributed by atoms with Crippen LogP contribution in [0.2, 0.25) is 0 Å². The Hall–Kier alpha value is -3.16. The second-order valence-electron chi connectivity index (χ2n) is 7.28. The molecule has 0 N–H and O–H groups in total. The van der Waals surface area contributed by atoms with Crippen LogP contribution in [0.4, 0.5) is 13.2 Å². The van der Waals surface area contributed by atoms with E-state index in [9.17, 15) is 18.0 Å². The molecule has 5 nitrogen and oxygen atoms in total. The van der Waals surface area contributed by atoms with Crippen molar-refractivity contribution in [2.24, 2.45) is 5.16 Å². The van der Waals surface area contributed by atoms with Gasteiger partial charge in [-0.2, -0.15) is 13.2 Å². The van der Waals surface area contributed by atoms with Gasteiger partial charge in [0, 0.05) is 30.2 Å². The first-order valence-corrected chi connectivity index (χ1v) is 10.2. The molecule has 2 heterocycles. The number of hydrogen-bond donors (Lipinski definition) is 0. The highest BCUT2D eigenvalue weighted by atomic mass is 19.4. The Bertz CT molecular complexity index is 1060. The molecule has 2 aromatic heterocycles. The van der Waals surface area contributed by atoms with Crippen molar-refractivity contribution >= 4 is 17.6 Å². The number of unbranched alkanes of at least 4 members (excludes halogenated alkanes) is 1. The Kier molecular flexibility index (Phi) is 7.44. The molecule has 0 amide bonds. The molecule has 164 valence electrons. The number of benzene rings is 1. The number of imidazole rings is 1. The van der Waals surface area contributed by atoms with Crippen LogP contribution in [-0.2, 0) is 16.1 Å². The van der Waals surface area contributed by atoms with Crippen molar-refractivity contribution in [2.45, 2.75) is 45.2 Å². The molecule has 0 bridgehead atoms. The summed E-state index contributed by atoms with van der Waals surface area (Å²) < 4.78 is 38.9. The Balaban J connectivity index is 1.72. The highest BCUT2D eigenvalue weighted by molar-refractivity contribution is 5.82. The molecule has 0 unspecified atom stereocenters. The predicted molar refractivity (Wildman–Crippen MR) is 113 cm³/mol. The van der Waals surface area contributed by atoms with Gasteiger partial charge in [0.1, 0.15) is 18.0 Å². The zero-order valence-electron chi connectivity index (χ0n) is 17.2. The molecule has 8 heteroatoms. The summed E-state index contributed by atoms with van der Waals surface area (Å²) in [5.74, 6) is -0.433. The molecule has 0 aliphatic carbocycles. The van der Waals surface area contributed by atoms with Gasteiger partial charge in [-0.15, -0.1) is 0 Å². The molecule has 1 aromatic carbocycles. The van der Waals surface area contributed by atoms with Crippen LogP contribution in [0.5, 0.6) is 0 Å². The first kappa shape index (κ1) is 22.5. The highest BCUT2D eigenvalue weighted by Gasteiger charge is 2.27. The maximum atomic E-state index is 12.3. The van der Waals surface area contributed by atoms with Gasteiger partial charge in [-0.3, -0.25) is 9.20 Å². The van der Waals surface area contributed by atoms with E-state index in [-0.39, 0.29) is 6.42 Å². The zero-order chi connectivity index (χ0) is 22.3. The largest absolute Gasteiger partial charge is 0.396 e. The summed E-state index contributed by atoms with van der Waals surface area (Å²) in [6, 6.07) is 11.0. The molecule has 0 spiro atoms. The van der Waals surface area contributed by atoms with Crippen LogP contribution in [0, 0.1) is 0 Å². The van der Waals surface area contributed by atoms with Crippen molar-refractivity contribution in [1.29, 1.82) is 0 Å². The number of ketones is 1. The van der Waals surface area contributed by atoms with Gasteiger partial charge in [-0.05, 0) is 30.2 Å². The van der Waals surface area contributed by atoms with Gasteiger partial charge in [-0.1, -0.05) is 36.7 Å². The first-order valence-electron chi connectivity index (χ1n) is 10.2. The quantitative estimate of drug-likeness (QED) is 0.238. The van der Waals surface area contributed by atoms with E-state index in [2.05, 4.69) is 17.1 Å². The third kappa shape index (κ3) is 6.67. The summed E-state index contributed by atoms with van der Waals surface area (Å²) in [5.41, 5.74) is 3.90. The fourth-order valence-corrected chi connectivity index (χ4v) is 3.09. The van der Waals surface area contributed by atoms with Crippen molar-refractivity contribution in [3.63, 3.8) is 0 Å². The fourth-order valence-electron chi connectivity index (χ4n) is 3.09. The number of carbonyl (C=O) groups is 1. The van der Waals surface area contributed by atoms with Gasteiger partial charge in [-0.25, -0.2) is 4.98 Å². The fraction of sp³-hybridized carbons (Fsp3) is 0.348. The maximum Gasteiger partial charge on any atom is 0.389 e. The number of alkyl halides is 3. The van der Waals surface area contributed by atoms with E-state index in [0.717, 1.165) is 35.3 Å². The number of halogens is 3. The topological polar surface area (TPSA) is 56.0 Å². The molecular formula is C23H24F3N3O2. The molecule has 3 aromatic rings. The number of oxime groups is 1. The first-order chi connectivity index (χ1) is 14.9. The lowest BCUT2D eigenvalue weighted by Crippen LogP contribution is -2.12. The van der Waals surface area contributed by atoms with E-state index in [1.807, 2.05) is 34.9 Å². The number of Topliss-reactive ketones (excluding diaryl/α,β-unsaturated/α-hetero) is 1. The smallest absolute Gasteiger partial charge is 0.389 e. The van der Waals surface area contributed by atoms with Crippen LogP contribution in [0.25, 0.3) is 16.9 Å². The molecule has 0 atom stereocenters. The molecular weight excluding hydrogens is 407 g/mol. The number of fused-ring (bicyclic) bond motifs is 1. The number of carbonyl (C=O) groups excluding carboxylic acids is 1. The average Bonchev–Trinajstić information content (AvgIpc) is 3.15. The van der Waals surface area contributed by atoms with Gasteiger partial charge in [0.15, 0.2) is 0 Å². The summed E-state index contributed by atoms with van der Waals surface area (Å²) >= 11 is 0. The maximum absolute atomic E-state index is 12.3. The SMILES string of the molecule is CCCCO/N=C/c1ccn2c(-c3cccc(CC(=O)CCC(F)(F)F)c3)cnc2c1. The lowest BCUT2D eigenvalue weighted by molar-refractivity contribution is -0.143. The minimum absolute atomic E-state index is 0.0285. The second kappa shape index (κ2) is 10.2. The predicted octanol–water partition coefficient (Wildman–Crippen LogP) is 5.61. The second-order valence-corrected chi connectivity index (χ2v) is 7.28. The summed E-state index contributed by atoms with van der Waals surface area (Å²) in [7, 11) is 0. The molecule has 3 rings (SSSR count). The van der Waals surface area contributed by atoms with Gasteiger partial charge >= 0.3 is 6.18 Å². The van der Waals surface area contributed by atoms with Crippen molar-refractivity contribution in [1.82, 2.24) is 9.38 Å². The third-order valence-electron chi connectivity index (χ3n) is 4.71. The molecule has 0 radical (unpaired) electrons. The van der Waals surface area contributed by atoms with Crippen LogP contribution >= 0.6 is 0 Å². The van der Waals surface area contributed by atoms with Crippen molar-refractivity contribution < 1.29 is 22.8 Å². The molecule has 0 fully saturated rings. The Labute approximate surface area is 178 Å². The average molecular weight is 431 g/mol. The van der Waals surface area contributed by atoms with E-state index in [0.29, 0.717) is 12.2 Å². The van der Waals surface area contributed by atoms with Crippen LogP contribution < -0.4 is 0 Å². The van der Waals surface area contributed by atoms with Crippen LogP contribution in [0.15, 0.2) is 53.9 Å². The number of rotatable bonds is 10. The highest BCUT2D eigenvalue weighted by Crippen LogP contribution is 2.24. The molecule has 0 saturated carbocycles. The summed E-state index contributed by atoms with van der Waals surface area (Å²) in [4.78, 5) is 21.5. The normalized spacial score (nSPS) is 12.0. The van der Waals surface area contributed by atoms with Gasteiger partial charge in [0.2, 0.25) is 0 Å². The Morgan fingerprint density at radius 2 is 2.10 bits per heavy atom. The van der Waals surface area contributed by atoms with E-state index < -0.39 is 24.8 Å². The monoisotopic (exact) mass is 431 g/mol. The minimum Gasteiger partial charge on any atom is -0.396 e. The van der Waals surface area contributed by atoms with E-state index in [1.54, 1.807) is 24.5 Å². The third-order valence-corrected chi connectivity index (χ3v) is 4.71. The molecule has 0 aliphatic rings. The Morgan fingerprint density at radius 3 is 2.87 bits per heavy atom. The molecule has 0 aliphatic heterocycles. The van der Waals surface area contributed by atoms with Gasteiger partial charge < -0.3 is 4.84 Å². The lowest BCUT2D eigenvalue weighted by Gasteiger charge is -2.07. The standard InChI is InChI=1S/C23H24F3N3O2/c1-2-3-11-31-28-15-18-8-10-29-21(16-27-22(29)14-18)19-6-4-5-17(12-19)13-20(30)7-9-23(24,25)26/h4-6,8,10,12,14-16H,2-3,7,9,11,13H2,1H3/b28-15+. The van der Waals surface area contributed by atoms with Gasteiger partial charge in [0.05, 0.1) is 24.5 Å². The van der Waals surface area contributed by atoms with Crippen LogP contribution in [0.3, 0.4) is 0 Å². The lowest BCUT2D eigenvalue weighted by atomic mass is 10.0. The van der Waals surface area contributed by atoms with E-state index >= 15 is 0 Å². The van der Waals surface area contributed by atoms with E-state index in [1.165, 1.54) is 0 Å². The van der Waals surface area contributed by atoms with Crippen LogP contribution in [0.1, 0.15) is 43.7 Å². The summed E-state index contributed by atoms with van der Waals surface area (Å²) in [6.07, 6.45) is 1.28. The number of hydrogen-bond acceptors (Lipinski definition) is 4. The van der Waals surface area contributed by atoms with E-state index in [4.69, 9.17) is 4.84 Å².